The first kappa shape index (κ1) is 12.4. The summed E-state index contributed by atoms with van der Waals surface area (Å²) in [7, 11) is 0. The lowest BCUT2D eigenvalue weighted by Gasteiger charge is -2.11. The molecule has 1 N–H and O–H groups in total. The average molecular weight is 247 g/mol. The Morgan fingerprint density at radius 2 is 1.89 bits per heavy atom. The summed E-state index contributed by atoms with van der Waals surface area (Å²) in [6, 6.07) is 7.84. The van der Waals surface area contributed by atoms with Crippen LogP contribution in [0.15, 0.2) is 36.5 Å². The Labute approximate surface area is 104 Å². The fourth-order valence-electron chi connectivity index (χ4n) is 2.00. The van der Waals surface area contributed by atoms with Crippen molar-refractivity contribution in [2.24, 2.45) is 0 Å². The number of hydrogen-bond acceptors (Lipinski definition) is 1. The Morgan fingerprint density at radius 1 is 1.22 bits per heavy atom. The third kappa shape index (κ3) is 2.01. The van der Waals surface area contributed by atoms with Crippen LogP contribution in [0.4, 0.5) is 4.39 Å². The van der Waals surface area contributed by atoms with Gasteiger partial charge in [-0.05, 0) is 26.0 Å². The van der Waals surface area contributed by atoms with Crippen LogP contribution in [0.25, 0.3) is 11.1 Å². The van der Waals surface area contributed by atoms with Gasteiger partial charge in [-0.15, -0.1) is 0 Å². The molecule has 0 aliphatic heterocycles. The highest BCUT2D eigenvalue weighted by Gasteiger charge is 2.20. The van der Waals surface area contributed by atoms with Gasteiger partial charge >= 0.3 is 5.97 Å². The number of halogens is 1. The van der Waals surface area contributed by atoms with Gasteiger partial charge in [0.2, 0.25) is 0 Å². The maximum atomic E-state index is 13.7. The molecule has 2 aromatic rings. The van der Waals surface area contributed by atoms with Gasteiger partial charge in [0.15, 0.2) is 0 Å². The molecule has 0 saturated carbocycles. The van der Waals surface area contributed by atoms with E-state index in [0.717, 1.165) is 0 Å². The molecule has 18 heavy (non-hydrogen) atoms. The van der Waals surface area contributed by atoms with E-state index in [1.54, 1.807) is 35.0 Å². The zero-order valence-corrected chi connectivity index (χ0v) is 10.2. The van der Waals surface area contributed by atoms with Crippen LogP contribution >= 0.6 is 0 Å². The normalized spacial score (nSPS) is 10.9. The first-order valence-corrected chi connectivity index (χ1v) is 5.71. The number of benzene rings is 1. The number of rotatable bonds is 3. The van der Waals surface area contributed by atoms with Crippen LogP contribution in [-0.4, -0.2) is 15.6 Å². The molecule has 1 aromatic heterocycles. The second kappa shape index (κ2) is 4.64. The minimum absolute atomic E-state index is 0.0108. The van der Waals surface area contributed by atoms with Crippen LogP contribution in [0.3, 0.4) is 0 Å². The summed E-state index contributed by atoms with van der Waals surface area (Å²) in [4.78, 5) is 11.3. The van der Waals surface area contributed by atoms with E-state index in [0.29, 0.717) is 11.1 Å². The van der Waals surface area contributed by atoms with Crippen molar-refractivity contribution in [2.45, 2.75) is 19.9 Å². The summed E-state index contributed by atoms with van der Waals surface area (Å²) >= 11 is 0. The van der Waals surface area contributed by atoms with E-state index in [1.807, 2.05) is 13.8 Å². The Hall–Kier alpha value is -2.10. The Morgan fingerprint density at radius 3 is 2.44 bits per heavy atom. The van der Waals surface area contributed by atoms with E-state index in [-0.39, 0.29) is 11.7 Å². The number of carboxylic acid groups (broad SMARTS) is 1. The van der Waals surface area contributed by atoms with Gasteiger partial charge in [0, 0.05) is 23.4 Å². The fraction of sp³-hybridized carbons (Fsp3) is 0.214. The molecule has 0 unspecified atom stereocenters. The molecule has 0 bridgehead atoms. The van der Waals surface area contributed by atoms with Crippen molar-refractivity contribution in [3.05, 3.63) is 48.0 Å². The summed E-state index contributed by atoms with van der Waals surface area (Å²) in [5, 5.41) is 9.29. The zero-order valence-electron chi connectivity index (χ0n) is 10.2. The second-order valence-corrected chi connectivity index (χ2v) is 4.36. The monoisotopic (exact) mass is 247 g/mol. The number of aromatic nitrogens is 1. The molecular weight excluding hydrogens is 233 g/mol. The molecule has 0 aliphatic carbocycles. The quantitative estimate of drug-likeness (QED) is 0.900. The van der Waals surface area contributed by atoms with Crippen molar-refractivity contribution in [2.75, 3.05) is 0 Å². The molecule has 0 spiro atoms. The number of nitrogens with zero attached hydrogens (tertiary/aromatic N) is 1. The van der Waals surface area contributed by atoms with Crippen LogP contribution < -0.4 is 0 Å². The molecule has 0 atom stereocenters. The summed E-state index contributed by atoms with van der Waals surface area (Å²) in [5.74, 6) is -1.46. The number of aromatic carboxylic acids is 1. The van der Waals surface area contributed by atoms with Gasteiger partial charge in [-0.2, -0.15) is 0 Å². The average Bonchev–Trinajstić information content (AvgIpc) is 2.74. The first-order valence-electron chi connectivity index (χ1n) is 5.71. The van der Waals surface area contributed by atoms with E-state index in [9.17, 15) is 14.3 Å². The van der Waals surface area contributed by atoms with Crippen LogP contribution in [0.2, 0.25) is 0 Å². The molecule has 0 amide bonds. The third-order valence-corrected chi connectivity index (χ3v) is 2.84. The van der Waals surface area contributed by atoms with Crippen LogP contribution in [0, 0.1) is 5.82 Å². The minimum atomic E-state index is -1.05. The Bertz CT molecular complexity index is 587. The Balaban J connectivity index is 2.66. The molecule has 0 aliphatic rings. The minimum Gasteiger partial charge on any atom is -0.477 e. The maximum absolute atomic E-state index is 13.7. The predicted molar refractivity (Wildman–Crippen MR) is 67.2 cm³/mol. The molecule has 1 aromatic carbocycles. The lowest BCUT2D eigenvalue weighted by atomic mass is 10.1. The summed E-state index contributed by atoms with van der Waals surface area (Å²) in [6.07, 6.45) is 1.68. The molecule has 2 rings (SSSR count). The van der Waals surface area contributed by atoms with Gasteiger partial charge in [0.05, 0.1) is 0 Å². The van der Waals surface area contributed by atoms with E-state index in [4.69, 9.17) is 0 Å². The fourth-order valence-corrected chi connectivity index (χ4v) is 2.00. The number of carbonyl (C=O) groups is 1. The summed E-state index contributed by atoms with van der Waals surface area (Å²) in [6.45, 7) is 3.77. The molecule has 0 saturated heterocycles. The summed E-state index contributed by atoms with van der Waals surface area (Å²) < 4.78 is 15.4. The molecule has 3 nitrogen and oxygen atoms in total. The lowest BCUT2D eigenvalue weighted by Crippen LogP contribution is -2.11. The van der Waals surface area contributed by atoms with Crippen molar-refractivity contribution in [1.82, 2.24) is 4.57 Å². The number of hydrogen-bond donors (Lipinski definition) is 1. The van der Waals surface area contributed by atoms with Gasteiger partial charge in [-0.25, -0.2) is 9.18 Å². The predicted octanol–water partition coefficient (Wildman–Crippen LogP) is 3.57. The van der Waals surface area contributed by atoms with Gasteiger partial charge in [-0.3, -0.25) is 0 Å². The van der Waals surface area contributed by atoms with Gasteiger partial charge in [0.25, 0.3) is 0 Å². The highest BCUT2D eigenvalue weighted by atomic mass is 19.1. The van der Waals surface area contributed by atoms with Crippen molar-refractivity contribution in [1.29, 1.82) is 0 Å². The highest BCUT2D eigenvalue weighted by Crippen LogP contribution is 2.29. The van der Waals surface area contributed by atoms with Crippen molar-refractivity contribution >= 4 is 5.97 Å². The molecule has 94 valence electrons. The maximum Gasteiger partial charge on any atom is 0.353 e. The van der Waals surface area contributed by atoms with Gasteiger partial charge in [0.1, 0.15) is 11.5 Å². The topological polar surface area (TPSA) is 42.2 Å². The molecule has 4 heteroatoms. The largest absolute Gasteiger partial charge is 0.477 e. The standard InChI is InChI=1S/C14H14FNO2/c1-9(2)16-8-7-11(13(16)14(17)18)10-5-3-4-6-12(10)15/h3-9H,1-2H3,(H,17,18). The zero-order chi connectivity index (χ0) is 13.3. The lowest BCUT2D eigenvalue weighted by molar-refractivity contribution is 0.0684. The second-order valence-electron chi connectivity index (χ2n) is 4.36. The van der Waals surface area contributed by atoms with Crippen molar-refractivity contribution in [3.63, 3.8) is 0 Å². The van der Waals surface area contributed by atoms with Gasteiger partial charge < -0.3 is 9.67 Å². The highest BCUT2D eigenvalue weighted by molar-refractivity contribution is 5.94. The first-order chi connectivity index (χ1) is 8.52. The summed E-state index contributed by atoms with van der Waals surface area (Å²) in [5.41, 5.74) is 0.846. The SMILES string of the molecule is CC(C)n1ccc(-c2ccccc2F)c1C(=O)O. The van der Waals surface area contributed by atoms with Gasteiger partial charge in [-0.1, -0.05) is 18.2 Å². The molecule has 0 radical (unpaired) electrons. The van der Waals surface area contributed by atoms with E-state index >= 15 is 0 Å². The van der Waals surface area contributed by atoms with Crippen LogP contribution in [-0.2, 0) is 0 Å². The molecule has 1 heterocycles. The molecule has 0 fully saturated rings. The van der Waals surface area contributed by atoms with Crippen molar-refractivity contribution in [3.8, 4) is 11.1 Å². The van der Waals surface area contributed by atoms with Crippen molar-refractivity contribution < 1.29 is 14.3 Å². The van der Waals surface area contributed by atoms with E-state index < -0.39 is 11.8 Å². The smallest absolute Gasteiger partial charge is 0.353 e. The third-order valence-electron chi connectivity index (χ3n) is 2.84. The van der Waals surface area contributed by atoms with Crippen LogP contribution in [0.5, 0.6) is 0 Å². The van der Waals surface area contributed by atoms with E-state index in [1.165, 1.54) is 6.07 Å². The van der Waals surface area contributed by atoms with E-state index in [2.05, 4.69) is 0 Å². The Kier molecular flexibility index (Phi) is 3.19. The molecular formula is C14H14FNO2. The van der Waals surface area contributed by atoms with Crippen LogP contribution in [0.1, 0.15) is 30.4 Å². The number of carboxylic acids is 1.